The van der Waals surface area contributed by atoms with Crippen LogP contribution in [-0.2, 0) is 0 Å². The Morgan fingerprint density at radius 1 is 1.54 bits per heavy atom. The highest BCUT2D eigenvalue weighted by molar-refractivity contribution is 8.00. The minimum Gasteiger partial charge on any atom is -0.359 e. The molecule has 0 saturated heterocycles. The average Bonchev–Trinajstić information content (AvgIpc) is 2.63. The van der Waals surface area contributed by atoms with Gasteiger partial charge < -0.3 is 5.32 Å². The van der Waals surface area contributed by atoms with Crippen molar-refractivity contribution in [3.63, 3.8) is 0 Å². The zero-order chi connectivity index (χ0) is 9.68. The van der Waals surface area contributed by atoms with E-state index in [0.29, 0.717) is 0 Å². The lowest BCUT2D eigenvalue weighted by Crippen LogP contribution is -2.25. The second kappa shape index (κ2) is 5.09. The Hall–Kier alpha value is -0.740. The Morgan fingerprint density at radius 3 is 2.92 bits per heavy atom. The molecule has 0 radical (unpaired) electrons. The third kappa shape index (κ3) is 2.35. The van der Waals surface area contributed by atoms with E-state index in [1.54, 1.807) is 11.8 Å². The van der Waals surface area contributed by atoms with Crippen LogP contribution in [0.3, 0.4) is 0 Å². The topological polar surface area (TPSA) is 37.0 Å². The number of hydrogen-bond donors (Lipinski definition) is 2. The molecular weight excluding hydrogens is 182 g/mol. The Bertz CT molecular complexity index is 240. The van der Waals surface area contributed by atoms with Crippen LogP contribution in [-0.4, -0.2) is 17.5 Å². The Labute approximate surface area is 83.3 Å². The molecular formula is C9H15N3S. The van der Waals surface area contributed by atoms with Crippen molar-refractivity contribution >= 4 is 17.4 Å². The molecule has 2 N–H and O–H groups in total. The van der Waals surface area contributed by atoms with Gasteiger partial charge >= 0.3 is 0 Å². The second-order valence-electron chi connectivity index (χ2n) is 2.29. The van der Waals surface area contributed by atoms with Crippen molar-refractivity contribution in [2.45, 2.75) is 24.4 Å². The Balaban J connectivity index is 0.000000396. The summed E-state index contributed by atoms with van der Waals surface area (Å²) in [7, 11) is 1.93. The molecule has 0 aliphatic carbocycles. The van der Waals surface area contributed by atoms with Gasteiger partial charge in [-0.1, -0.05) is 25.6 Å². The molecule has 0 spiro atoms. The fraction of sp³-hybridized carbons (Fsp3) is 0.444. The Morgan fingerprint density at radius 2 is 2.31 bits per heavy atom. The van der Waals surface area contributed by atoms with Crippen molar-refractivity contribution in [1.29, 1.82) is 0 Å². The minimum absolute atomic E-state index is 0.278. The predicted molar refractivity (Wildman–Crippen MR) is 57.9 cm³/mol. The van der Waals surface area contributed by atoms with Crippen LogP contribution in [0.1, 0.15) is 13.8 Å². The number of pyridine rings is 1. The first-order chi connectivity index (χ1) is 6.40. The minimum atomic E-state index is 0.278. The number of fused-ring (bicyclic) bond motifs is 1. The third-order valence-electron chi connectivity index (χ3n) is 1.55. The van der Waals surface area contributed by atoms with E-state index in [0.717, 1.165) is 10.7 Å². The van der Waals surface area contributed by atoms with E-state index in [1.807, 2.05) is 39.2 Å². The van der Waals surface area contributed by atoms with E-state index in [4.69, 9.17) is 0 Å². The van der Waals surface area contributed by atoms with E-state index < -0.39 is 0 Å². The maximum atomic E-state index is 4.22. The van der Waals surface area contributed by atoms with Crippen LogP contribution in [0.15, 0.2) is 23.4 Å². The maximum Gasteiger partial charge on any atom is 0.131 e. The van der Waals surface area contributed by atoms with Crippen molar-refractivity contribution in [2.24, 2.45) is 0 Å². The number of aromatic nitrogens is 1. The van der Waals surface area contributed by atoms with Crippen molar-refractivity contribution in [3.05, 3.63) is 18.3 Å². The van der Waals surface area contributed by atoms with E-state index in [2.05, 4.69) is 15.6 Å². The molecule has 1 unspecified atom stereocenters. The highest BCUT2D eigenvalue weighted by atomic mass is 32.2. The molecule has 1 aliphatic heterocycles. The van der Waals surface area contributed by atoms with E-state index in [1.165, 1.54) is 0 Å². The molecule has 1 aliphatic rings. The van der Waals surface area contributed by atoms with Gasteiger partial charge in [-0.05, 0) is 19.2 Å². The van der Waals surface area contributed by atoms with Gasteiger partial charge in [-0.15, -0.1) is 0 Å². The number of rotatable bonds is 1. The Kier molecular flexibility index (Phi) is 4.05. The van der Waals surface area contributed by atoms with E-state index in [9.17, 15) is 0 Å². The maximum absolute atomic E-state index is 4.22. The molecule has 3 nitrogen and oxygen atoms in total. The first-order valence-electron chi connectivity index (χ1n) is 4.45. The molecule has 0 bridgehead atoms. The molecule has 4 heteroatoms. The van der Waals surface area contributed by atoms with Gasteiger partial charge in [0.05, 0.1) is 5.69 Å². The molecule has 0 saturated carbocycles. The summed E-state index contributed by atoms with van der Waals surface area (Å²) in [5, 5.41) is 7.47. The molecule has 1 aromatic rings. The van der Waals surface area contributed by atoms with Crippen LogP contribution in [0.2, 0.25) is 0 Å². The van der Waals surface area contributed by atoms with E-state index >= 15 is 0 Å². The lowest BCUT2D eigenvalue weighted by Gasteiger charge is -2.06. The van der Waals surface area contributed by atoms with Crippen molar-refractivity contribution in [3.8, 4) is 0 Å². The summed E-state index contributed by atoms with van der Waals surface area (Å²) in [5.41, 5.74) is 1.40. The molecule has 1 aromatic heterocycles. The van der Waals surface area contributed by atoms with Crippen LogP contribution in [0.4, 0.5) is 5.69 Å². The second-order valence-corrected chi connectivity index (χ2v) is 3.38. The summed E-state index contributed by atoms with van der Waals surface area (Å²) in [6.45, 7) is 4.00. The lowest BCUT2D eigenvalue weighted by molar-refractivity contribution is 0.828. The van der Waals surface area contributed by atoms with E-state index in [-0.39, 0.29) is 5.50 Å². The monoisotopic (exact) mass is 197 g/mol. The summed E-state index contributed by atoms with van der Waals surface area (Å²) in [6.07, 6.45) is 1.81. The zero-order valence-electron chi connectivity index (χ0n) is 8.16. The fourth-order valence-electron chi connectivity index (χ4n) is 1.01. The quantitative estimate of drug-likeness (QED) is 0.723. The zero-order valence-corrected chi connectivity index (χ0v) is 8.98. The molecule has 72 valence electrons. The predicted octanol–water partition coefficient (Wildman–Crippen LogP) is 2.13. The summed E-state index contributed by atoms with van der Waals surface area (Å²) in [5.74, 6) is 0. The molecule has 13 heavy (non-hydrogen) atoms. The van der Waals surface area contributed by atoms with Gasteiger partial charge in [-0.3, -0.25) is 5.32 Å². The van der Waals surface area contributed by atoms with Gasteiger partial charge in [0.1, 0.15) is 10.5 Å². The molecule has 2 rings (SSSR count). The highest BCUT2D eigenvalue weighted by Crippen LogP contribution is 2.34. The van der Waals surface area contributed by atoms with Gasteiger partial charge in [-0.25, -0.2) is 4.98 Å². The largest absolute Gasteiger partial charge is 0.359 e. The molecule has 0 fully saturated rings. The van der Waals surface area contributed by atoms with Crippen molar-refractivity contribution in [2.75, 3.05) is 12.4 Å². The van der Waals surface area contributed by atoms with Crippen molar-refractivity contribution < 1.29 is 0 Å². The summed E-state index contributed by atoms with van der Waals surface area (Å²) in [6, 6.07) is 3.97. The smallest absolute Gasteiger partial charge is 0.131 e. The van der Waals surface area contributed by atoms with Crippen LogP contribution in [0, 0.1) is 0 Å². The molecule has 1 atom stereocenters. The number of nitrogens with zero attached hydrogens (tertiary/aromatic N) is 1. The van der Waals surface area contributed by atoms with Gasteiger partial charge in [0.15, 0.2) is 0 Å². The van der Waals surface area contributed by atoms with Crippen LogP contribution >= 0.6 is 11.8 Å². The standard InChI is InChI=1S/C7H9N3S.C2H6/c1-8-7-10-5-3-2-4-9-6(5)11-7;1-2/h2-4,7-8,10H,1H3;1-2H3. The first-order valence-corrected chi connectivity index (χ1v) is 5.33. The number of nitrogens with one attached hydrogen (secondary N) is 2. The summed E-state index contributed by atoms with van der Waals surface area (Å²) in [4.78, 5) is 4.22. The van der Waals surface area contributed by atoms with Gasteiger partial charge in [0, 0.05) is 6.20 Å². The number of hydrogen-bond acceptors (Lipinski definition) is 4. The molecule has 2 heterocycles. The summed E-state index contributed by atoms with van der Waals surface area (Å²) >= 11 is 1.70. The lowest BCUT2D eigenvalue weighted by atomic mass is 10.4. The van der Waals surface area contributed by atoms with Gasteiger partial charge in [0.25, 0.3) is 0 Å². The summed E-state index contributed by atoms with van der Waals surface area (Å²) < 4.78 is 0. The SMILES string of the molecule is CC.CNC1Nc2cccnc2S1. The van der Waals surface area contributed by atoms with Gasteiger partial charge in [0.2, 0.25) is 0 Å². The van der Waals surface area contributed by atoms with Crippen LogP contribution in [0.25, 0.3) is 0 Å². The van der Waals surface area contributed by atoms with Crippen molar-refractivity contribution in [1.82, 2.24) is 10.3 Å². The van der Waals surface area contributed by atoms with Crippen LogP contribution in [0.5, 0.6) is 0 Å². The molecule has 0 amide bonds. The fourth-order valence-corrected chi connectivity index (χ4v) is 1.91. The third-order valence-corrected chi connectivity index (χ3v) is 2.69. The highest BCUT2D eigenvalue weighted by Gasteiger charge is 2.19. The normalized spacial score (nSPS) is 18.2. The molecule has 0 aromatic carbocycles. The number of anilines is 1. The van der Waals surface area contributed by atoms with Gasteiger partial charge in [-0.2, -0.15) is 0 Å². The van der Waals surface area contributed by atoms with Crippen LogP contribution < -0.4 is 10.6 Å². The number of thioether (sulfide) groups is 1. The first kappa shape index (κ1) is 10.3. The average molecular weight is 197 g/mol.